The summed E-state index contributed by atoms with van der Waals surface area (Å²) in [6.07, 6.45) is 0. The van der Waals surface area contributed by atoms with Crippen LogP contribution in [0.5, 0.6) is 11.5 Å². The Bertz CT molecular complexity index is 766. The number of thioether (sulfide) groups is 1. The van der Waals surface area contributed by atoms with Crippen LogP contribution >= 0.6 is 11.8 Å². The minimum atomic E-state index is -0.492. The second-order valence-electron chi connectivity index (χ2n) is 5.07. The lowest BCUT2D eigenvalue weighted by Crippen LogP contribution is -2.24. The number of benzene rings is 2. The third-order valence-corrected chi connectivity index (χ3v) is 4.09. The van der Waals surface area contributed by atoms with Crippen LogP contribution in [0.4, 0.5) is 10.5 Å². The SMILES string of the molecule is COc1cccc(OCCNC(=O)Sc2ccc(C)cc2[N+](=O)[O-])c1. The lowest BCUT2D eigenvalue weighted by molar-refractivity contribution is -0.387. The van der Waals surface area contributed by atoms with Gasteiger partial charge in [-0.1, -0.05) is 12.1 Å². The number of rotatable bonds is 7. The van der Waals surface area contributed by atoms with Crippen molar-refractivity contribution in [1.82, 2.24) is 5.32 Å². The Morgan fingerprint density at radius 3 is 2.72 bits per heavy atom. The van der Waals surface area contributed by atoms with Gasteiger partial charge >= 0.3 is 0 Å². The van der Waals surface area contributed by atoms with Crippen LogP contribution in [-0.4, -0.2) is 30.4 Å². The monoisotopic (exact) mass is 362 g/mol. The van der Waals surface area contributed by atoms with Gasteiger partial charge in [0.2, 0.25) is 0 Å². The van der Waals surface area contributed by atoms with Crippen LogP contribution in [-0.2, 0) is 0 Å². The van der Waals surface area contributed by atoms with Crippen molar-refractivity contribution in [1.29, 1.82) is 0 Å². The van der Waals surface area contributed by atoms with Crippen LogP contribution in [0.1, 0.15) is 5.56 Å². The van der Waals surface area contributed by atoms with Gasteiger partial charge in [-0.15, -0.1) is 0 Å². The van der Waals surface area contributed by atoms with Crippen molar-refractivity contribution < 1.29 is 19.2 Å². The number of carbonyl (C=O) groups excluding carboxylic acids is 1. The minimum absolute atomic E-state index is 0.0761. The molecule has 0 saturated heterocycles. The third kappa shape index (κ3) is 5.68. The first-order valence-electron chi connectivity index (χ1n) is 7.47. The molecule has 0 aliphatic carbocycles. The fourth-order valence-corrected chi connectivity index (χ4v) is 2.75. The van der Waals surface area contributed by atoms with E-state index in [4.69, 9.17) is 9.47 Å². The van der Waals surface area contributed by atoms with Crippen molar-refractivity contribution in [3.63, 3.8) is 0 Å². The number of nitrogens with one attached hydrogen (secondary N) is 1. The van der Waals surface area contributed by atoms with E-state index >= 15 is 0 Å². The maximum absolute atomic E-state index is 11.9. The van der Waals surface area contributed by atoms with Gasteiger partial charge in [-0.2, -0.15) is 0 Å². The molecule has 1 amide bonds. The fourth-order valence-electron chi connectivity index (χ4n) is 2.01. The van der Waals surface area contributed by atoms with E-state index in [1.807, 2.05) is 0 Å². The largest absolute Gasteiger partial charge is 0.497 e. The predicted octanol–water partition coefficient (Wildman–Crippen LogP) is 3.79. The van der Waals surface area contributed by atoms with Gasteiger partial charge in [0, 0.05) is 12.1 Å². The first-order chi connectivity index (χ1) is 12.0. The Hall–Kier alpha value is -2.74. The number of hydrogen-bond acceptors (Lipinski definition) is 6. The lowest BCUT2D eigenvalue weighted by Gasteiger charge is -2.09. The van der Waals surface area contributed by atoms with E-state index in [-0.39, 0.29) is 24.1 Å². The Kier molecular flexibility index (Phi) is 6.64. The number of nitro groups is 1. The average molecular weight is 362 g/mol. The first-order valence-corrected chi connectivity index (χ1v) is 8.29. The van der Waals surface area contributed by atoms with Crippen molar-refractivity contribution >= 4 is 22.7 Å². The summed E-state index contributed by atoms with van der Waals surface area (Å²) in [6.45, 7) is 2.32. The van der Waals surface area contributed by atoms with Gasteiger partial charge < -0.3 is 14.8 Å². The van der Waals surface area contributed by atoms with Crippen LogP contribution in [0.3, 0.4) is 0 Å². The maximum Gasteiger partial charge on any atom is 0.284 e. The molecule has 2 aromatic carbocycles. The number of hydrogen-bond donors (Lipinski definition) is 1. The van der Waals surface area contributed by atoms with E-state index in [1.165, 1.54) is 6.07 Å². The molecule has 8 heteroatoms. The Morgan fingerprint density at radius 2 is 2.00 bits per heavy atom. The lowest BCUT2D eigenvalue weighted by atomic mass is 10.2. The topological polar surface area (TPSA) is 90.7 Å². The molecule has 2 aromatic rings. The molecule has 0 unspecified atom stereocenters. The highest BCUT2D eigenvalue weighted by Crippen LogP contribution is 2.30. The van der Waals surface area contributed by atoms with Crippen LogP contribution in [0, 0.1) is 17.0 Å². The quantitative estimate of drug-likeness (QED) is 0.349. The van der Waals surface area contributed by atoms with Gasteiger partial charge in [-0.3, -0.25) is 14.9 Å². The highest BCUT2D eigenvalue weighted by atomic mass is 32.2. The maximum atomic E-state index is 11.9. The smallest absolute Gasteiger partial charge is 0.284 e. The summed E-state index contributed by atoms with van der Waals surface area (Å²) < 4.78 is 10.6. The van der Waals surface area contributed by atoms with Crippen molar-refractivity contribution in [2.24, 2.45) is 0 Å². The molecule has 7 nitrogen and oxygen atoms in total. The second kappa shape index (κ2) is 8.93. The van der Waals surface area contributed by atoms with Crippen LogP contribution in [0.15, 0.2) is 47.4 Å². The van der Waals surface area contributed by atoms with E-state index < -0.39 is 4.92 Å². The van der Waals surface area contributed by atoms with Gasteiger partial charge in [0.25, 0.3) is 10.9 Å². The first kappa shape index (κ1) is 18.6. The molecular weight excluding hydrogens is 344 g/mol. The molecule has 0 fully saturated rings. The van der Waals surface area contributed by atoms with Crippen molar-refractivity contribution in [3.05, 3.63) is 58.1 Å². The van der Waals surface area contributed by atoms with Gasteiger partial charge in [-0.05, 0) is 42.4 Å². The highest BCUT2D eigenvalue weighted by Gasteiger charge is 2.17. The van der Waals surface area contributed by atoms with Gasteiger partial charge in [0.15, 0.2) is 0 Å². The van der Waals surface area contributed by atoms with Gasteiger partial charge in [0.1, 0.15) is 18.1 Å². The number of amides is 1. The summed E-state index contributed by atoms with van der Waals surface area (Å²) in [5.74, 6) is 1.32. The molecule has 132 valence electrons. The standard InChI is InChI=1S/C17H18N2O5S/c1-12-6-7-16(15(10-12)19(21)22)25-17(20)18-8-9-24-14-5-3-4-13(11-14)23-2/h3-7,10-11H,8-9H2,1-2H3,(H,18,20). The van der Waals surface area contributed by atoms with E-state index in [9.17, 15) is 14.9 Å². The number of aryl methyl sites for hydroxylation is 1. The fraction of sp³-hybridized carbons (Fsp3) is 0.235. The molecule has 0 heterocycles. The summed E-state index contributed by atoms with van der Waals surface area (Å²) in [5.41, 5.74) is 0.691. The molecular formula is C17H18N2O5S. The summed E-state index contributed by atoms with van der Waals surface area (Å²) in [7, 11) is 1.57. The van der Waals surface area contributed by atoms with E-state index in [0.717, 1.165) is 17.3 Å². The number of carbonyl (C=O) groups is 1. The minimum Gasteiger partial charge on any atom is -0.497 e. The zero-order chi connectivity index (χ0) is 18.2. The molecule has 0 atom stereocenters. The zero-order valence-electron chi connectivity index (χ0n) is 13.9. The average Bonchev–Trinajstić information content (AvgIpc) is 2.60. The number of ether oxygens (including phenoxy) is 2. The van der Waals surface area contributed by atoms with Crippen molar-refractivity contribution in [3.8, 4) is 11.5 Å². The highest BCUT2D eigenvalue weighted by molar-refractivity contribution is 8.13. The molecule has 1 N–H and O–H groups in total. The second-order valence-corrected chi connectivity index (χ2v) is 6.09. The molecule has 0 spiro atoms. The van der Waals surface area contributed by atoms with Crippen molar-refractivity contribution in [2.75, 3.05) is 20.3 Å². The van der Waals surface area contributed by atoms with E-state index in [0.29, 0.717) is 16.4 Å². The number of nitrogens with zero attached hydrogens (tertiary/aromatic N) is 1. The molecule has 0 aliphatic rings. The molecule has 0 aromatic heterocycles. The Morgan fingerprint density at radius 1 is 1.24 bits per heavy atom. The zero-order valence-corrected chi connectivity index (χ0v) is 14.7. The molecule has 0 saturated carbocycles. The van der Waals surface area contributed by atoms with Crippen LogP contribution in [0.2, 0.25) is 0 Å². The summed E-state index contributed by atoms with van der Waals surface area (Å²) >= 11 is 0.792. The van der Waals surface area contributed by atoms with Crippen LogP contribution < -0.4 is 14.8 Å². The van der Waals surface area contributed by atoms with E-state index in [2.05, 4.69) is 5.32 Å². The summed E-state index contributed by atoms with van der Waals surface area (Å²) in [5, 5.41) is 13.3. The molecule has 0 bridgehead atoms. The van der Waals surface area contributed by atoms with Gasteiger partial charge in [0.05, 0.1) is 23.5 Å². The van der Waals surface area contributed by atoms with Gasteiger partial charge in [-0.25, -0.2) is 0 Å². The van der Waals surface area contributed by atoms with Crippen molar-refractivity contribution in [2.45, 2.75) is 11.8 Å². The molecule has 0 radical (unpaired) electrons. The number of nitro benzene ring substituents is 1. The molecule has 25 heavy (non-hydrogen) atoms. The molecule has 2 rings (SSSR count). The van der Waals surface area contributed by atoms with E-state index in [1.54, 1.807) is 50.4 Å². The third-order valence-electron chi connectivity index (χ3n) is 3.20. The molecule has 0 aliphatic heterocycles. The Labute approximate surface area is 149 Å². The summed E-state index contributed by atoms with van der Waals surface area (Å²) in [4.78, 5) is 22.8. The normalized spacial score (nSPS) is 10.2. The summed E-state index contributed by atoms with van der Waals surface area (Å²) in [6, 6.07) is 11.9. The Balaban J connectivity index is 1.82. The predicted molar refractivity (Wildman–Crippen MR) is 95.6 cm³/mol. The van der Waals surface area contributed by atoms with Crippen LogP contribution in [0.25, 0.3) is 0 Å². The number of methoxy groups -OCH3 is 1.